The molecule has 3 N–H and O–H groups in total. The molecule has 0 radical (unpaired) electrons. The number of hydrogen-bond donors (Lipinski definition) is 3. The minimum absolute atomic E-state index is 0.215. The Labute approximate surface area is 818 Å². The number of nitrogens with zero attached hydrogens (tertiary/aromatic N) is 4. The molecule has 16 aromatic rings. The Hall–Kier alpha value is -17.2. The molecule has 24 nitrogen and oxygen atoms in total. The molecule has 0 saturated carbocycles. The maximum absolute atomic E-state index is 13.5. The Morgan fingerprint density at radius 3 is 1.04 bits per heavy atom. The first-order valence-corrected chi connectivity index (χ1v) is 46.1. The van der Waals surface area contributed by atoms with E-state index in [2.05, 4.69) is 30.8 Å². The molecule has 0 unspecified atom stereocenters. The van der Waals surface area contributed by atoms with Crippen LogP contribution in [0.4, 0.5) is 22.7 Å². The zero-order chi connectivity index (χ0) is 97.8. The zero-order valence-electron chi connectivity index (χ0n) is 78.9. The molecule has 2 aliphatic heterocycles. The molecular weight excluding hydrogens is 1780 g/mol. The number of morpholine rings is 2. The van der Waals surface area contributed by atoms with E-state index in [1.54, 1.807) is 84.9 Å². The molecule has 3 amide bonds. The molecule has 2 fully saturated rings. The lowest BCUT2D eigenvalue weighted by atomic mass is 9.92. The molecule has 0 spiro atoms. The molecule has 24 heteroatoms. The van der Waals surface area contributed by atoms with Crippen LogP contribution in [0.3, 0.4) is 0 Å². The second-order valence-corrected chi connectivity index (χ2v) is 33.7. The van der Waals surface area contributed by atoms with E-state index in [9.17, 15) is 28.8 Å². The summed E-state index contributed by atoms with van der Waals surface area (Å²) in [4.78, 5) is 79.6. The third kappa shape index (κ3) is 26.4. The van der Waals surface area contributed by atoms with Crippen LogP contribution in [0.2, 0.25) is 0 Å². The highest BCUT2D eigenvalue weighted by Crippen LogP contribution is 2.45. The molecular formula is C117H105N7O17. The van der Waals surface area contributed by atoms with Crippen molar-refractivity contribution in [3.05, 3.63) is 413 Å². The smallest absolute Gasteiger partial charge is 0.298 e. The number of benzene rings is 15. The van der Waals surface area contributed by atoms with E-state index in [4.69, 9.17) is 52.1 Å². The standard InChI is InChI=1S/C40H35N3O5.C39H36N2O6.C38H34N2O6/c1-26-9-8-12-34(21-26)46-24-29-13-15-30(16-14-29)35-23-38(47-25-44)37(22-36(35)39-27(2)42-43(4)28(39)3)41-40(45)31-17-19-33(20-18-31)48-32-10-6-5-7-11-32;1-28-6-5-9-35(22-28)45-26-29-10-12-30(13-11-29)36-24-38(46-27-42)37(23-32(36)25-41-18-20-44-21-19-41)40-39(43)31-14-16-34(17-15-31)47-33-7-3-2-4-8-33;1-27-6-5-9-33(22-27)44-25-28-10-12-29(13-11-28)34-23-37(45-26-41)35(24-36(34)40-18-20-43-21-19-40)39-38(42)30-14-16-32(17-15-30)46-31-7-3-2-4-8-31/h5-23,25H,24H2,1-4H3,(H,41,45);2-17,22-24,27H,18-21,25-26H2,1H3,(H,40,43);2-17,22-24,26H,18-21,25H2,1H3,(H,39,42). The number of carbonyl (C=O) groups is 6. The molecule has 18 rings (SSSR count). The number of aryl methyl sites for hydroxylation is 5. The van der Waals surface area contributed by atoms with Gasteiger partial charge in [-0.25, -0.2) is 0 Å². The monoisotopic (exact) mass is 1880 g/mol. The van der Waals surface area contributed by atoms with Crippen molar-refractivity contribution in [2.45, 2.75) is 61.0 Å². The molecule has 2 aliphatic rings. The number of anilines is 4. The fourth-order valence-corrected chi connectivity index (χ4v) is 16.3. The number of rotatable bonds is 34. The number of aromatic nitrogens is 2. The number of para-hydroxylation sites is 3. The third-order valence-electron chi connectivity index (χ3n) is 23.6. The minimum Gasteiger partial charge on any atom is -0.489 e. The van der Waals surface area contributed by atoms with E-state index in [-0.39, 0.29) is 35.0 Å². The van der Waals surface area contributed by atoms with Gasteiger partial charge in [0.2, 0.25) is 0 Å². The molecule has 3 heterocycles. The summed E-state index contributed by atoms with van der Waals surface area (Å²) in [5.74, 6) is 6.06. The summed E-state index contributed by atoms with van der Waals surface area (Å²) in [7, 11) is 1.90. The van der Waals surface area contributed by atoms with Crippen LogP contribution >= 0.6 is 0 Å². The van der Waals surface area contributed by atoms with Crippen molar-refractivity contribution in [2.24, 2.45) is 7.05 Å². The van der Waals surface area contributed by atoms with Crippen molar-refractivity contribution in [2.75, 3.05) is 73.5 Å². The molecule has 710 valence electrons. The van der Waals surface area contributed by atoms with Crippen molar-refractivity contribution < 1.29 is 80.9 Å². The van der Waals surface area contributed by atoms with Gasteiger partial charge in [0.15, 0.2) is 17.2 Å². The average Bonchev–Trinajstić information content (AvgIpc) is 1.72. The van der Waals surface area contributed by atoms with Gasteiger partial charge in [-0.2, -0.15) is 5.10 Å². The predicted molar refractivity (Wildman–Crippen MR) is 546 cm³/mol. The van der Waals surface area contributed by atoms with Gasteiger partial charge in [-0.05, 0) is 289 Å². The summed E-state index contributed by atoms with van der Waals surface area (Å²) in [6.07, 6.45) is 0. The number of ether oxygens (including phenoxy) is 11. The van der Waals surface area contributed by atoms with Crippen LogP contribution in [0.1, 0.15) is 81.4 Å². The zero-order valence-corrected chi connectivity index (χ0v) is 78.9. The second kappa shape index (κ2) is 47.5. The lowest BCUT2D eigenvalue weighted by Gasteiger charge is -2.31. The maximum Gasteiger partial charge on any atom is 0.298 e. The SMILES string of the molecule is Cc1cccc(OCc2ccc(-c3cc(OC=O)c(NC(=O)c4ccc(Oc5ccccc5)cc4)cc3-c3c(C)nn(C)c3C)cc2)c1.Cc1cccc(OCc2ccc(-c3cc(OC=O)c(NC(=O)c4ccc(Oc5ccccc5)cc4)cc3CN3CCOCC3)cc2)c1.Cc1cccc(OCc2ccc(-c3cc(OC=O)c(NC(=O)c4ccc(Oc5ccccc5)cc4)cc3N3CCOCC3)cc2)c1. The fraction of sp³-hybridized carbons (Fsp3) is 0.154. The lowest BCUT2D eigenvalue weighted by molar-refractivity contribution is -0.121. The van der Waals surface area contributed by atoms with Crippen LogP contribution in [0.15, 0.2) is 346 Å². The highest BCUT2D eigenvalue weighted by atomic mass is 16.5. The van der Waals surface area contributed by atoms with Crippen LogP contribution in [0.25, 0.3) is 44.5 Å². The van der Waals surface area contributed by atoms with Gasteiger partial charge in [-0.3, -0.25) is 38.3 Å². The summed E-state index contributed by atoms with van der Waals surface area (Å²) in [5, 5.41) is 13.5. The van der Waals surface area contributed by atoms with Crippen molar-refractivity contribution in [3.63, 3.8) is 0 Å². The van der Waals surface area contributed by atoms with Gasteiger partial charge < -0.3 is 73.0 Å². The van der Waals surface area contributed by atoms with Gasteiger partial charge in [0, 0.05) is 79.0 Å². The largest absolute Gasteiger partial charge is 0.489 e. The Kier molecular flexibility index (Phi) is 32.7. The number of hydrogen-bond acceptors (Lipinski definition) is 20. The number of amides is 3. The van der Waals surface area contributed by atoms with Crippen LogP contribution < -0.4 is 63.5 Å². The molecule has 15 aromatic carbocycles. The van der Waals surface area contributed by atoms with Gasteiger partial charge in [0.05, 0.1) is 49.2 Å². The first-order chi connectivity index (χ1) is 68.9. The Morgan fingerprint density at radius 1 is 0.340 bits per heavy atom. The molecule has 2 saturated heterocycles. The normalized spacial score (nSPS) is 12.1. The van der Waals surface area contributed by atoms with E-state index in [0.717, 1.165) is 131 Å². The minimum atomic E-state index is -0.367. The fourth-order valence-electron chi connectivity index (χ4n) is 16.3. The molecule has 1 aromatic heterocycles. The molecule has 0 atom stereocenters. The topological polar surface area (TPSA) is 264 Å². The molecule has 0 bridgehead atoms. The summed E-state index contributed by atoms with van der Waals surface area (Å²) in [6.45, 7) is 18.5. The van der Waals surface area contributed by atoms with Crippen LogP contribution in [0, 0.1) is 34.6 Å². The van der Waals surface area contributed by atoms with E-state index in [0.29, 0.717) is 154 Å². The van der Waals surface area contributed by atoms with Crippen LogP contribution in [0.5, 0.6) is 69.0 Å². The quantitative estimate of drug-likeness (QED) is 0.0316. The van der Waals surface area contributed by atoms with Crippen molar-refractivity contribution in [1.29, 1.82) is 0 Å². The average molecular weight is 1880 g/mol. The Balaban J connectivity index is 0.000000152. The lowest BCUT2D eigenvalue weighted by Crippen LogP contribution is -2.36. The van der Waals surface area contributed by atoms with Crippen molar-refractivity contribution in [1.82, 2.24) is 14.7 Å². The Bertz CT molecular complexity index is 6980. The van der Waals surface area contributed by atoms with Crippen LogP contribution in [-0.4, -0.2) is 104 Å². The summed E-state index contributed by atoms with van der Waals surface area (Å²) < 4.78 is 64.8. The third-order valence-corrected chi connectivity index (χ3v) is 23.6. The maximum atomic E-state index is 13.5. The van der Waals surface area contributed by atoms with Gasteiger partial charge >= 0.3 is 0 Å². The highest BCUT2D eigenvalue weighted by molar-refractivity contribution is 6.08. The van der Waals surface area contributed by atoms with Gasteiger partial charge in [-0.15, -0.1) is 0 Å². The van der Waals surface area contributed by atoms with Gasteiger partial charge in [0.1, 0.15) is 71.6 Å². The Morgan fingerprint density at radius 2 is 0.674 bits per heavy atom. The van der Waals surface area contributed by atoms with E-state index >= 15 is 0 Å². The van der Waals surface area contributed by atoms with Gasteiger partial charge in [-0.1, -0.05) is 164 Å². The summed E-state index contributed by atoms with van der Waals surface area (Å²) in [6, 6.07) is 108. The van der Waals surface area contributed by atoms with E-state index < -0.39 is 0 Å². The predicted octanol–water partition coefficient (Wildman–Crippen LogP) is 24.1. The summed E-state index contributed by atoms with van der Waals surface area (Å²) >= 11 is 0. The van der Waals surface area contributed by atoms with Gasteiger partial charge in [0.25, 0.3) is 37.1 Å². The number of carbonyl (C=O) groups excluding carboxylic acids is 6. The van der Waals surface area contributed by atoms with Crippen LogP contribution in [-0.2, 0) is 57.3 Å². The van der Waals surface area contributed by atoms with E-state index in [1.807, 2.05) is 307 Å². The summed E-state index contributed by atoms with van der Waals surface area (Å²) in [5.41, 5.74) is 19.7. The number of nitrogens with one attached hydrogen (secondary N) is 3. The van der Waals surface area contributed by atoms with E-state index in [1.165, 1.54) is 0 Å². The molecule has 0 aliphatic carbocycles. The first kappa shape index (κ1) is 96.9. The first-order valence-electron chi connectivity index (χ1n) is 46.1. The second-order valence-electron chi connectivity index (χ2n) is 33.7. The molecule has 141 heavy (non-hydrogen) atoms. The van der Waals surface area contributed by atoms with Crippen molar-refractivity contribution in [3.8, 4) is 114 Å². The highest BCUT2D eigenvalue weighted by Gasteiger charge is 2.27. The van der Waals surface area contributed by atoms with Crippen molar-refractivity contribution >= 4 is 59.9 Å².